The highest BCUT2D eigenvalue weighted by atomic mass is 35.5. The van der Waals surface area contributed by atoms with Crippen molar-refractivity contribution in [1.82, 2.24) is 0 Å². The maximum absolute atomic E-state index is 5.75. The van der Waals surface area contributed by atoms with Gasteiger partial charge in [-0.3, -0.25) is 0 Å². The summed E-state index contributed by atoms with van der Waals surface area (Å²) in [6.07, 6.45) is 0. The third-order valence-corrected chi connectivity index (χ3v) is 1.77. The molecule has 0 fully saturated rings. The highest BCUT2D eigenvalue weighted by Gasteiger charge is 1.98. The molecule has 0 heterocycles. The van der Waals surface area contributed by atoms with Crippen molar-refractivity contribution in [3.8, 4) is 0 Å². The summed E-state index contributed by atoms with van der Waals surface area (Å²) in [6.45, 7) is 5.89. The second-order valence-corrected chi connectivity index (χ2v) is 2.64. The topological polar surface area (TPSA) is 52.0 Å². The Hall–Kier alpha value is -0.890. The van der Waals surface area contributed by atoms with Gasteiger partial charge in [-0.15, -0.1) is 0 Å². The van der Waals surface area contributed by atoms with Crippen LogP contribution in [0.3, 0.4) is 0 Å². The molecule has 4 N–H and O–H groups in total. The highest BCUT2D eigenvalue weighted by Crippen LogP contribution is 2.23. The number of anilines is 2. The van der Waals surface area contributed by atoms with E-state index in [0.717, 1.165) is 5.56 Å². The molecule has 0 saturated carbocycles. The Labute approximate surface area is 78.5 Å². The number of aryl methyl sites for hydroxylation is 1. The molecule has 1 rings (SSSR count). The molecule has 0 atom stereocenters. The van der Waals surface area contributed by atoms with Crippen LogP contribution in [-0.2, 0) is 0 Å². The average Bonchev–Trinajstić information content (AvgIpc) is 2.05. The molecule has 0 saturated heterocycles. The molecule has 0 spiro atoms. The number of hydrogen-bond donors (Lipinski definition) is 2. The standard InChI is InChI=1S/C7H9ClN2.C2H6/c1-4-2-6(9)7(10)3-5(4)8;1-2/h2-3H,9-10H2,1H3;1-2H3. The molecule has 0 radical (unpaired) electrons. The van der Waals surface area contributed by atoms with Crippen LogP contribution < -0.4 is 11.5 Å². The van der Waals surface area contributed by atoms with Crippen molar-refractivity contribution in [2.75, 3.05) is 11.5 Å². The lowest BCUT2D eigenvalue weighted by Crippen LogP contribution is -1.94. The summed E-state index contributed by atoms with van der Waals surface area (Å²) in [5.41, 5.74) is 13.1. The lowest BCUT2D eigenvalue weighted by Gasteiger charge is -2.02. The van der Waals surface area contributed by atoms with Crippen molar-refractivity contribution in [3.05, 3.63) is 22.7 Å². The zero-order chi connectivity index (χ0) is 9.72. The summed E-state index contributed by atoms with van der Waals surface area (Å²) < 4.78 is 0. The average molecular weight is 187 g/mol. The third-order valence-electron chi connectivity index (χ3n) is 1.36. The van der Waals surface area contributed by atoms with Crippen LogP contribution in [0, 0.1) is 6.92 Å². The van der Waals surface area contributed by atoms with E-state index in [9.17, 15) is 0 Å². The van der Waals surface area contributed by atoms with Gasteiger partial charge >= 0.3 is 0 Å². The van der Waals surface area contributed by atoms with Crippen LogP contribution >= 0.6 is 11.6 Å². The van der Waals surface area contributed by atoms with Crippen molar-refractivity contribution in [2.45, 2.75) is 20.8 Å². The molecule has 0 bridgehead atoms. The molecule has 0 aliphatic rings. The monoisotopic (exact) mass is 186 g/mol. The van der Waals surface area contributed by atoms with E-state index in [1.807, 2.05) is 20.8 Å². The van der Waals surface area contributed by atoms with Crippen LogP contribution in [0.25, 0.3) is 0 Å². The van der Waals surface area contributed by atoms with E-state index in [0.29, 0.717) is 16.4 Å². The Morgan fingerprint density at radius 1 is 1.08 bits per heavy atom. The zero-order valence-corrected chi connectivity index (χ0v) is 8.44. The normalized spacial score (nSPS) is 8.67. The van der Waals surface area contributed by atoms with Gasteiger partial charge in [0.15, 0.2) is 0 Å². The first-order chi connectivity index (χ1) is 5.61. The molecular weight excluding hydrogens is 172 g/mol. The van der Waals surface area contributed by atoms with Gasteiger partial charge in [0, 0.05) is 5.02 Å². The second-order valence-electron chi connectivity index (χ2n) is 2.23. The maximum Gasteiger partial charge on any atom is 0.0562 e. The van der Waals surface area contributed by atoms with Gasteiger partial charge < -0.3 is 11.5 Å². The first kappa shape index (κ1) is 11.1. The van der Waals surface area contributed by atoms with E-state index in [1.54, 1.807) is 12.1 Å². The van der Waals surface area contributed by atoms with Crippen molar-refractivity contribution in [3.63, 3.8) is 0 Å². The molecule has 12 heavy (non-hydrogen) atoms. The fourth-order valence-electron chi connectivity index (χ4n) is 0.719. The van der Waals surface area contributed by atoms with Crippen LogP contribution in [0.2, 0.25) is 5.02 Å². The van der Waals surface area contributed by atoms with Gasteiger partial charge in [-0.2, -0.15) is 0 Å². The number of halogens is 1. The minimum Gasteiger partial charge on any atom is -0.397 e. The number of nitrogens with two attached hydrogens (primary N) is 2. The number of benzene rings is 1. The SMILES string of the molecule is CC.Cc1cc(N)c(N)cc1Cl. The molecule has 0 aliphatic carbocycles. The minimum atomic E-state index is 0.538. The Balaban J connectivity index is 0.000000561. The van der Waals surface area contributed by atoms with Crippen LogP contribution in [0.5, 0.6) is 0 Å². The zero-order valence-electron chi connectivity index (χ0n) is 7.69. The summed E-state index contributed by atoms with van der Waals surface area (Å²) in [5.74, 6) is 0. The Morgan fingerprint density at radius 3 is 1.92 bits per heavy atom. The molecule has 2 nitrogen and oxygen atoms in total. The van der Waals surface area contributed by atoms with E-state index in [-0.39, 0.29) is 0 Å². The van der Waals surface area contributed by atoms with Crippen LogP contribution in [0.1, 0.15) is 19.4 Å². The smallest absolute Gasteiger partial charge is 0.0562 e. The molecule has 1 aromatic rings. The molecule has 0 amide bonds. The summed E-state index contributed by atoms with van der Waals surface area (Å²) in [4.78, 5) is 0. The lowest BCUT2D eigenvalue weighted by atomic mass is 10.2. The number of nitrogen functional groups attached to an aromatic ring is 2. The van der Waals surface area contributed by atoms with Crippen LogP contribution in [0.15, 0.2) is 12.1 Å². The summed E-state index contributed by atoms with van der Waals surface area (Å²) in [7, 11) is 0. The van der Waals surface area contributed by atoms with E-state index >= 15 is 0 Å². The van der Waals surface area contributed by atoms with E-state index in [1.165, 1.54) is 0 Å². The predicted molar refractivity (Wildman–Crippen MR) is 56.4 cm³/mol. The first-order valence-electron chi connectivity index (χ1n) is 3.92. The number of hydrogen-bond acceptors (Lipinski definition) is 2. The van der Waals surface area contributed by atoms with Crippen molar-refractivity contribution >= 4 is 23.0 Å². The Bertz CT molecular complexity index is 209. The van der Waals surface area contributed by atoms with Gasteiger partial charge in [0.1, 0.15) is 0 Å². The van der Waals surface area contributed by atoms with Gasteiger partial charge in [-0.05, 0) is 24.6 Å². The van der Waals surface area contributed by atoms with Gasteiger partial charge in [0.2, 0.25) is 0 Å². The lowest BCUT2D eigenvalue weighted by molar-refractivity contribution is 1.47. The molecular formula is C9H15ClN2. The summed E-state index contributed by atoms with van der Waals surface area (Å²) in [5, 5.41) is 0.659. The maximum atomic E-state index is 5.75. The van der Waals surface area contributed by atoms with E-state index in [4.69, 9.17) is 23.1 Å². The third kappa shape index (κ3) is 2.62. The fraction of sp³-hybridized carbons (Fsp3) is 0.333. The first-order valence-corrected chi connectivity index (χ1v) is 4.30. The highest BCUT2D eigenvalue weighted by molar-refractivity contribution is 6.31. The van der Waals surface area contributed by atoms with Crippen molar-refractivity contribution in [1.29, 1.82) is 0 Å². The molecule has 68 valence electrons. The molecule has 3 heteroatoms. The molecule has 0 aliphatic heterocycles. The number of rotatable bonds is 0. The van der Waals surface area contributed by atoms with Gasteiger partial charge in [0.05, 0.1) is 11.4 Å². The van der Waals surface area contributed by atoms with Crippen molar-refractivity contribution in [2.24, 2.45) is 0 Å². The Morgan fingerprint density at radius 2 is 1.50 bits per heavy atom. The Kier molecular flexibility index (Phi) is 4.52. The van der Waals surface area contributed by atoms with Crippen molar-refractivity contribution < 1.29 is 0 Å². The van der Waals surface area contributed by atoms with Crippen LogP contribution in [0.4, 0.5) is 11.4 Å². The quantitative estimate of drug-likeness (QED) is 0.613. The van der Waals surface area contributed by atoms with Crippen LogP contribution in [-0.4, -0.2) is 0 Å². The molecule has 1 aromatic carbocycles. The summed E-state index contributed by atoms with van der Waals surface area (Å²) >= 11 is 5.75. The van der Waals surface area contributed by atoms with Gasteiger partial charge in [-0.25, -0.2) is 0 Å². The van der Waals surface area contributed by atoms with E-state index < -0.39 is 0 Å². The summed E-state index contributed by atoms with van der Waals surface area (Å²) in [6, 6.07) is 3.42. The predicted octanol–water partition coefficient (Wildman–Crippen LogP) is 2.84. The van der Waals surface area contributed by atoms with E-state index in [2.05, 4.69) is 0 Å². The second kappa shape index (κ2) is 4.88. The largest absolute Gasteiger partial charge is 0.397 e. The molecule has 0 aromatic heterocycles. The molecule has 0 unspecified atom stereocenters. The van der Waals surface area contributed by atoms with Gasteiger partial charge in [0.25, 0.3) is 0 Å². The fourth-order valence-corrected chi connectivity index (χ4v) is 0.891. The van der Waals surface area contributed by atoms with Gasteiger partial charge in [-0.1, -0.05) is 25.4 Å². The minimum absolute atomic E-state index is 0.538.